The molecule has 1 amide bonds. The van der Waals surface area contributed by atoms with Gasteiger partial charge in [-0.2, -0.15) is 0 Å². The zero-order valence-corrected chi connectivity index (χ0v) is 13.8. The minimum absolute atomic E-state index is 0.133. The number of hydrogen-bond acceptors (Lipinski definition) is 4. The summed E-state index contributed by atoms with van der Waals surface area (Å²) in [6, 6.07) is 7.62. The molecule has 3 rings (SSSR count). The fourth-order valence-corrected chi connectivity index (χ4v) is 3.70. The SMILES string of the molecule is Cc1ccccc1NC(=O)[C@@H]1CC(=O)O[C@]12CCOC(C)(C)C2. The smallest absolute Gasteiger partial charge is 0.307 e. The lowest BCUT2D eigenvalue weighted by molar-refractivity contribution is -0.178. The van der Waals surface area contributed by atoms with E-state index < -0.39 is 17.1 Å². The van der Waals surface area contributed by atoms with Crippen LogP contribution in [-0.2, 0) is 19.1 Å². The monoisotopic (exact) mass is 317 g/mol. The van der Waals surface area contributed by atoms with Gasteiger partial charge in [0.05, 0.1) is 24.5 Å². The molecular formula is C18H23NO4. The van der Waals surface area contributed by atoms with Crippen molar-refractivity contribution in [1.82, 2.24) is 0 Å². The number of ether oxygens (including phenoxy) is 2. The summed E-state index contributed by atoms with van der Waals surface area (Å²) in [7, 11) is 0. The highest BCUT2D eigenvalue weighted by molar-refractivity contribution is 5.97. The van der Waals surface area contributed by atoms with Crippen molar-refractivity contribution in [2.24, 2.45) is 5.92 Å². The van der Waals surface area contributed by atoms with Gasteiger partial charge < -0.3 is 14.8 Å². The van der Waals surface area contributed by atoms with Crippen LogP contribution in [0.4, 0.5) is 5.69 Å². The van der Waals surface area contributed by atoms with E-state index in [1.54, 1.807) is 0 Å². The molecule has 124 valence electrons. The van der Waals surface area contributed by atoms with Crippen LogP contribution in [0.2, 0.25) is 0 Å². The van der Waals surface area contributed by atoms with E-state index in [2.05, 4.69) is 5.32 Å². The highest BCUT2D eigenvalue weighted by Gasteiger charge is 2.56. The molecule has 2 heterocycles. The number of carbonyl (C=O) groups excluding carboxylic acids is 2. The number of carbonyl (C=O) groups is 2. The van der Waals surface area contributed by atoms with Gasteiger partial charge in [-0.05, 0) is 32.4 Å². The van der Waals surface area contributed by atoms with Crippen LogP contribution in [0.3, 0.4) is 0 Å². The molecule has 0 aliphatic carbocycles. The topological polar surface area (TPSA) is 64.6 Å². The van der Waals surface area contributed by atoms with Crippen LogP contribution in [0.15, 0.2) is 24.3 Å². The Morgan fingerprint density at radius 1 is 1.30 bits per heavy atom. The quantitative estimate of drug-likeness (QED) is 0.852. The van der Waals surface area contributed by atoms with Gasteiger partial charge in [-0.15, -0.1) is 0 Å². The average molecular weight is 317 g/mol. The number of para-hydroxylation sites is 1. The predicted octanol–water partition coefficient (Wildman–Crippen LogP) is 2.82. The zero-order chi connectivity index (χ0) is 16.7. The second-order valence-electron chi connectivity index (χ2n) is 7.13. The number of esters is 1. The third-order valence-electron chi connectivity index (χ3n) is 4.79. The van der Waals surface area contributed by atoms with Gasteiger partial charge in [0.2, 0.25) is 5.91 Å². The Balaban J connectivity index is 1.83. The highest BCUT2D eigenvalue weighted by Crippen LogP contribution is 2.46. The van der Waals surface area contributed by atoms with Crippen molar-refractivity contribution < 1.29 is 19.1 Å². The number of benzene rings is 1. The molecule has 0 saturated carbocycles. The Morgan fingerprint density at radius 2 is 2.04 bits per heavy atom. The van der Waals surface area contributed by atoms with Crippen molar-refractivity contribution in [3.8, 4) is 0 Å². The summed E-state index contributed by atoms with van der Waals surface area (Å²) in [6.07, 6.45) is 1.24. The zero-order valence-electron chi connectivity index (χ0n) is 13.8. The molecule has 0 bridgehead atoms. The first kappa shape index (κ1) is 16.0. The molecule has 2 aliphatic heterocycles. The van der Waals surface area contributed by atoms with Gasteiger partial charge in [0.25, 0.3) is 0 Å². The summed E-state index contributed by atoms with van der Waals surface area (Å²) in [5, 5.41) is 2.96. The first-order valence-corrected chi connectivity index (χ1v) is 8.04. The Morgan fingerprint density at radius 3 is 2.74 bits per heavy atom. The lowest BCUT2D eigenvalue weighted by Gasteiger charge is -2.43. The van der Waals surface area contributed by atoms with Crippen LogP contribution in [0.25, 0.3) is 0 Å². The Kier molecular flexibility index (Phi) is 3.92. The molecule has 0 aromatic heterocycles. The van der Waals surface area contributed by atoms with Gasteiger partial charge in [0, 0.05) is 18.5 Å². The number of anilines is 1. The van der Waals surface area contributed by atoms with Crippen LogP contribution in [0.5, 0.6) is 0 Å². The minimum Gasteiger partial charge on any atom is -0.458 e. The summed E-state index contributed by atoms with van der Waals surface area (Å²) in [6.45, 7) is 6.38. The van der Waals surface area contributed by atoms with E-state index in [0.29, 0.717) is 19.4 Å². The predicted molar refractivity (Wildman–Crippen MR) is 86.0 cm³/mol. The molecule has 1 N–H and O–H groups in total. The largest absolute Gasteiger partial charge is 0.458 e. The summed E-state index contributed by atoms with van der Waals surface area (Å²) in [4.78, 5) is 24.7. The van der Waals surface area contributed by atoms with Crippen LogP contribution in [0, 0.1) is 12.8 Å². The lowest BCUT2D eigenvalue weighted by atomic mass is 9.75. The molecule has 1 aromatic rings. The van der Waals surface area contributed by atoms with E-state index in [4.69, 9.17) is 9.47 Å². The van der Waals surface area contributed by atoms with E-state index >= 15 is 0 Å². The summed E-state index contributed by atoms with van der Waals surface area (Å²) in [5.74, 6) is -0.923. The molecule has 5 heteroatoms. The first-order valence-electron chi connectivity index (χ1n) is 8.04. The van der Waals surface area contributed by atoms with Crippen molar-refractivity contribution in [2.75, 3.05) is 11.9 Å². The van der Waals surface area contributed by atoms with Gasteiger partial charge in [-0.25, -0.2) is 0 Å². The fraction of sp³-hybridized carbons (Fsp3) is 0.556. The van der Waals surface area contributed by atoms with Gasteiger partial charge in [0.1, 0.15) is 5.60 Å². The highest BCUT2D eigenvalue weighted by atomic mass is 16.6. The second-order valence-corrected chi connectivity index (χ2v) is 7.13. The van der Waals surface area contributed by atoms with Crippen LogP contribution in [-0.4, -0.2) is 29.7 Å². The van der Waals surface area contributed by atoms with E-state index in [0.717, 1.165) is 11.3 Å². The van der Waals surface area contributed by atoms with Crippen LogP contribution < -0.4 is 5.32 Å². The normalized spacial score (nSPS) is 29.3. The van der Waals surface area contributed by atoms with Gasteiger partial charge >= 0.3 is 5.97 Å². The number of amides is 1. The average Bonchev–Trinajstić information content (AvgIpc) is 2.76. The molecule has 0 unspecified atom stereocenters. The third-order valence-corrected chi connectivity index (χ3v) is 4.79. The molecule has 1 aromatic carbocycles. The Bertz CT molecular complexity index is 640. The van der Waals surface area contributed by atoms with Gasteiger partial charge in [-0.3, -0.25) is 9.59 Å². The first-order chi connectivity index (χ1) is 10.8. The van der Waals surface area contributed by atoms with E-state index in [-0.39, 0.29) is 18.3 Å². The molecule has 2 saturated heterocycles. The number of nitrogens with one attached hydrogen (secondary N) is 1. The molecule has 2 fully saturated rings. The number of rotatable bonds is 2. The Labute approximate surface area is 136 Å². The molecule has 23 heavy (non-hydrogen) atoms. The minimum atomic E-state index is -0.744. The van der Waals surface area contributed by atoms with Gasteiger partial charge in [0.15, 0.2) is 0 Å². The second kappa shape index (κ2) is 5.64. The molecular weight excluding hydrogens is 294 g/mol. The van der Waals surface area contributed by atoms with Crippen molar-refractivity contribution in [2.45, 2.75) is 51.2 Å². The van der Waals surface area contributed by atoms with Crippen LogP contribution in [0.1, 0.15) is 38.7 Å². The maximum absolute atomic E-state index is 12.8. The summed E-state index contributed by atoms with van der Waals surface area (Å²) < 4.78 is 11.4. The van der Waals surface area contributed by atoms with Crippen molar-refractivity contribution in [3.05, 3.63) is 29.8 Å². The molecule has 2 aliphatic rings. The fourth-order valence-electron chi connectivity index (χ4n) is 3.70. The third kappa shape index (κ3) is 3.11. The van der Waals surface area contributed by atoms with Crippen molar-refractivity contribution in [3.63, 3.8) is 0 Å². The summed E-state index contributed by atoms with van der Waals surface area (Å²) >= 11 is 0. The summed E-state index contributed by atoms with van der Waals surface area (Å²) in [5.41, 5.74) is 0.626. The number of hydrogen-bond donors (Lipinski definition) is 1. The molecule has 1 spiro atoms. The molecule has 2 atom stereocenters. The standard InChI is InChI=1S/C18H23NO4/c1-12-6-4-5-7-14(12)19-16(21)13-10-15(20)23-18(13)8-9-22-17(2,3)11-18/h4-7,13H,8-11H2,1-3H3,(H,19,21)/t13-,18-/m0/s1. The maximum atomic E-state index is 12.8. The van der Waals surface area contributed by atoms with E-state index in [9.17, 15) is 9.59 Å². The van der Waals surface area contributed by atoms with Crippen molar-refractivity contribution in [1.29, 1.82) is 0 Å². The van der Waals surface area contributed by atoms with Crippen molar-refractivity contribution >= 4 is 17.6 Å². The van der Waals surface area contributed by atoms with E-state index in [1.165, 1.54) is 0 Å². The van der Waals surface area contributed by atoms with E-state index in [1.807, 2.05) is 45.0 Å². The number of aryl methyl sites for hydroxylation is 1. The molecule has 5 nitrogen and oxygen atoms in total. The van der Waals surface area contributed by atoms with Gasteiger partial charge in [-0.1, -0.05) is 18.2 Å². The molecule has 0 radical (unpaired) electrons. The lowest BCUT2D eigenvalue weighted by Crippen LogP contribution is -2.52. The maximum Gasteiger partial charge on any atom is 0.307 e. The van der Waals surface area contributed by atoms with Crippen LogP contribution >= 0.6 is 0 Å². The Hall–Kier alpha value is -1.88.